The van der Waals surface area contributed by atoms with Crippen LogP contribution in [0.15, 0.2) is 36.4 Å². The van der Waals surface area contributed by atoms with Crippen molar-refractivity contribution < 1.29 is 23.0 Å². The second-order valence-electron chi connectivity index (χ2n) is 3.83. The zero-order valence-corrected chi connectivity index (χ0v) is 11.2. The van der Waals surface area contributed by atoms with Crippen molar-refractivity contribution in [2.45, 2.75) is 6.36 Å². The van der Waals surface area contributed by atoms with Gasteiger partial charge in [0.25, 0.3) is 0 Å². The average Bonchev–Trinajstić information content (AvgIpc) is 2.33. The van der Waals surface area contributed by atoms with Gasteiger partial charge in [-0.25, -0.2) is 0 Å². The molecule has 2 nitrogen and oxygen atoms in total. The third-order valence-electron chi connectivity index (χ3n) is 2.44. The normalized spacial score (nSPS) is 11.4. The van der Waals surface area contributed by atoms with Crippen LogP contribution in [0.4, 0.5) is 13.2 Å². The number of hydrogen-bond donors (Lipinski definition) is 1. The molecule has 0 aromatic heterocycles. The van der Waals surface area contributed by atoms with Crippen LogP contribution in [-0.4, -0.2) is 11.5 Å². The number of rotatable bonds is 2. The summed E-state index contributed by atoms with van der Waals surface area (Å²) in [4.78, 5) is 0. The van der Waals surface area contributed by atoms with Crippen molar-refractivity contribution >= 4 is 23.2 Å². The van der Waals surface area contributed by atoms with E-state index in [-0.39, 0.29) is 26.9 Å². The smallest absolute Gasteiger partial charge is 0.506 e. The fourth-order valence-corrected chi connectivity index (χ4v) is 2.07. The summed E-state index contributed by atoms with van der Waals surface area (Å²) in [5, 5.41) is 9.44. The predicted octanol–water partition coefficient (Wildman–Crippen LogP) is 5.26. The third-order valence-corrected chi connectivity index (χ3v) is 3.05. The van der Waals surface area contributed by atoms with E-state index < -0.39 is 12.1 Å². The van der Waals surface area contributed by atoms with E-state index in [2.05, 4.69) is 4.74 Å². The molecule has 0 fully saturated rings. The molecule has 0 aliphatic heterocycles. The molecule has 0 aliphatic carbocycles. The van der Waals surface area contributed by atoms with Crippen molar-refractivity contribution in [2.24, 2.45) is 0 Å². The number of para-hydroxylation sites is 1. The molecule has 0 unspecified atom stereocenters. The molecule has 2 aromatic rings. The van der Waals surface area contributed by atoms with Crippen LogP contribution in [-0.2, 0) is 0 Å². The second-order valence-corrected chi connectivity index (χ2v) is 4.64. The van der Waals surface area contributed by atoms with E-state index in [9.17, 15) is 18.3 Å². The van der Waals surface area contributed by atoms with Gasteiger partial charge in [0.05, 0.1) is 10.0 Å². The van der Waals surface area contributed by atoms with E-state index in [0.717, 1.165) is 6.07 Å². The summed E-state index contributed by atoms with van der Waals surface area (Å²) in [5.41, 5.74) is 0.353. The number of ether oxygens (including phenoxy) is 1. The zero-order chi connectivity index (χ0) is 14.9. The highest BCUT2D eigenvalue weighted by Gasteiger charge is 2.32. The summed E-state index contributed by atoms with van der Waals surface area (Å²) in [6.07, 6.45) is -4.82. The number of benzene rings is 2. The van der Waals surface area contributed by atoms with Gasteiger partial charge >= 0.3 is 6.36 Å². The molecule has 2 aromatic carbocycles. The van der Waals surface area contributed by atoms with Gasteiger partial charge < -0.3 is 9.84 Å². The molecule has 1 N–H and O–H groups in total. The topological polar surface area (TPSA) is 29.5 Å². The Hall–Kier alpha value is -1.59. The summed E-state index contributed by atoms with van der Waals surface area (Å²) in [6.45, 7) is 0. The van der Waals surface area contributed by atoms with Crippen LogP contribution in [0.25, 0.3) is 11.1 Å². The summed E-state index contributed by atoms with van der Waals surface area (Å²) < 4.78 is 41.0. The fraction of sp³-hybridized carbons (Fsp3) is 0.0769. The maximum Gasteiger partial charge on any atom is 0.573 e. The lowest BCUT2D eigenvalue weighted by Crippen LogP contribution is -2.17. The minimum Gasteiger partial charge on any atom is -0.506 e. The van der Waals surface area contributed by atoms with Crippen molar-refractivity contribution in [1.82, 2.24) is 0 Å². The number of phenolic OH excluding ortho intramolecular Hbond substituents is 1. The second kappa shape index (κ2) is 5.42. The van der Waals surface area contributed by atoms with Crippen molar-refractivity contribution in [3.63, 3.8) is 0 Å². The van der Waals surface area contributed by atoms with Gasteiger partial charge in [-0.2, -0.15) is 0 Å². The SMILES string of the molecule is Oc1cc(Cl)c(-c2ccccc2OC(F)(F)F)cc1Cl. The highest BCUT2D eigenvalue weighted by molar-refractivity contribution is 6.36. The van der Waals surface area contributed by atoms with E-state index >= 15 is 0 Å². The Balaban J connectivity index is 2.56. The zero-order valence-electron chi connectivity index (χ0n) is 9.71. The van der Waals surface area contributed by atoms with Gasteiger partial charge in [0.2, 0.25) is 0 Å². The van der Waals surface area contributed by atoms with E-state index in [4.69, 9.17) is 23.2 Å². The lowest BCUT2D eigenvalue weighted by molar-refractivity contribution is -0.274. The molecule has 0 aliphatic rings. The van der Waals surface area contributed by atoms with E-state index in [0.29, 0.717) is 0 Å². The highest BCUT2D eigenvalue weighted by Crippen LogP contribution is 2.41. The van der Waals surface area contributed by atoms with Crippen molar-refractivity contribution in [2.75, 3.05) is 0 Å². The molecule has 0 saturated carbocycles. The van der Waals surface area contributed by atoms with Crippen LogP contribution < -0.4 is 4.74 Å². The molecule has 0 spiro atoms. The monoisotopic (exact) mass is 322 g/mol. The molecule has 2 rings (SSSR count). The van der Waals surface area contributed by atoms with Gasteiger partial charge in [-0.05, 0) is 12.1 Å². The molecule has 0 radical (unpaired) electrons. The summed E-state index contributed by atoms with van der Waals surface area (Å²) in [6, 6.07) is 7.95. The largest absolute Gasteiger partial charge is 0.573 e. The van der Waals surface area contributed by atoms with Gasteiger partial charge in [0, 0.05) is 17.2 Å². The fourth-order valence-electron chi connectivity index (χ4n) is 1.65. The van der Waals surface area contributed by atoms with E-state index in [1.54, 1.807) is 0 Å². The Labute approximate surface area is 122 Å². The Kier molecular flexibility index (Phi) is 4.01. The summed E-state index contributed by atoms with van der Waals surface area (Å²) in [7, 11) is 0. The van der Waals surface area contributed by atoms with E-state index in [1.807, 2.05) is 0 Å². The lowest BCUT2D eigenvalue weighted by Gasteiger charge is -2.14. The van der Waals surface area contributed by atoms with Crippen molar-refractivity contribution in [1.29, 1.82) is 0 Å². The maximum absolute atomic E-state index is 12.4. The Bertz CT molecular complexity index is 642. The maximum atomic E-state index is 12.4. The molecular formula is C13H7Cl2F3O2. The van der Waals surface area contributed by atoms with Crippen molar-refractivity contribution in [3.8, 4) is 22.6 Å². The van der Waals surface area contributed by atoms with Crippen LogP contribution in [0.2, 0.25) is 10.0 Å². The van der Waals surface area contributed by atoms with Gasteiger partial charge in [-0.15, -0.1) is 13.2 Å². The minimum absolute atomic E-state index is 0.0220. The summed E-state index contributed by atoms with van der Waals surface area (Å²) in [5.74, 6) is -0.654. The average molecular weight is 323 g/mol. The first-order valence-electron chi connectivity index (χ1n) is 5.31. The van der Waals surface area contributed by atoms with Crippen LogP contribution in [0.5, 0.6) is 11.5 Å². The molecule has 0 atom stereocenters. The number of halogens is 5. The lowest BCUT2D eigenvalue weighted by atomic mass is 10.0. The van der Waals surface area contributed by atoms with E-state index in [1.165, 1.54) is 30.3 Å². The standard InChI is InChI=1S/C13H7Cl2F3O2/c14-9-6-11(19)10(15)5-8(9)7-3-1-2-4-12(7)20-13(16,17)18/h1-6,19H. The van der Waals surface area contributed by atoms with Crippen LogP contribution in [0.1, 0.15) is 0 Å². The first kappa shape index (κ1) is 14.8. The minimum atomic E-state index is -4.82. The molecular weight excluding hydrogens is 316 g/mol. The molecule has 7 heteroatoms. The quantitative estimate of drug-likeness (QED) is 0.816. The number of alkyl halides is 3. The third kappa shape index (κ3) is 3.29. The molecule has 0 bridgehead atoms. The molecule has 0 heterocycles. The Morgan fingerprint density at radius 2 is 1.60 bits per heavy atom. The summed E-state index contributed by atoms with van der Waals surface area (Å²) >= 11 is 11.7. The van der Waals surface area contributed by atoms with Crippen LogP contribution >= 0.6 is 23.2 Å². The van der Waals surface area contributed by atoms with Gasteiger partial charge in [0.15, 0.2) is 0 Å². The van der Waals surface area contributed by atoms with Gasteiger partial charge in [0.1, 0.15) is 11.5 Å². The van der Waals surface area contributed by atoms with Crippen LogP contribution in [0.3, 0.4) is 0 Å². The molecule has 106 valence electrons. The number of phenols is 1. The van der Waals surface area contributed by atoms with Gasteiger partial charge in [-0.3, -0.25) is 0 Å². The predicted molar refractivity (Wildman–Crippen MR) is 70.2 cm³/mol. The first-order valence-corrected chi connectivity index (χ1v) is 6.06. The van der Waals surface area contributed by atoms with Crippen LogP contribution in [0, 0.1) is 0 Å². The molecule has 0 saturated heterocycles. The Morgan fingerprint density at radius 1 is 0.950 bits per heavy atom. The first-order chi connectivity index (χ1) is 9.28. The highest BCUT2D eigenvalue weighted by atomic mass is 35.5. The Morgan fingerprint density at radius 3 is 2.25 bits per heavy atom. The molecule has 20 heavy (non-hydrogen) atoms. The van der Waals surface area contributed by atoms with Crippen molar-refractivity contribution in [3.05, 3.63) is 46.4 Å². The number of hydrogen-bond acceptors (Lipinski definition) is 2. The van der Waals surface area contributed by atoms with Gasteiger partial charge in [-0.1, -0.05) is 41.4 Å². The molecule has 0 amide bonds. The number of aromatic hydroxyl groups is 1.